The summed E-state index contributed by atoms with van der Waals surface area (Å²) in [5, 5.41) is 8.14. The van der Waals surface area contributed by atoms with Gasteiger partial charge in [0.2, 0.25) is 5.91 Å². The lowest BCUT2D eigenvalue weighted by atomic mass is 10.3. The molecule has 2 rings (SSSR count). The maximum absolute atomic E-state index is 13.0. The Balaban J connectivity index is 2.28. The molecule has 13 heteroatoms. The number of amides is 1. The van der Waals surface area contributed by atoms with E-state index in [-0.39, 0.29) is 36.3 Å². The molecule has 10 nitrogen and oxygen atoms in total. The molecule has 3 N–H and O–H groups in total. The van der Waals surface area contributed by atoms with Crippen LogP contribution in [0, 0.1) is 0 Å². The maximum Gasteiger partial charge on any atom is 0.330 e. The number of rotatable bonds is 12. The van der Waals surface area contributed by atoms with E-state index in [1.165, 1.54) is 39.7 Å². The molecule has 0 aromatic carbocycles. The Morgan fingerprint density at radius 3 is 2.60 bits per heavy atom. The first-order valence-corrected chi connectivity index (χ1v) is 12.2. The summed E-state index contributed by atoms with van der Waals surface area (Å²) in [6, 6.07) is 0. The van der Waals surface area contributed by atoms with E-state index in [1.807, 2.05) is 13.8 Å². The Bertz CT molecular complexity index is 958. The number of carbonyl (C=O) groups excluding carboxylic acids is 1. The van der Waals surface area contributed by atoms with E-state index in [0.717, 1.165) is 16.5 Å². The van der Waals surface area contributed by atoms with E-state index < -0.39 is 11.2 Å². The maximum atomic E-state index is 13.0. The van der Waals surface area contributed by atoms with Gasteiger partial charge in [-0.25, -0.2) is 4.79 Å². The second kappa shape index (κ2) is 12.1. The van der Waals surface area contributed by atoms with E-state index in [2.05, 4.69) is 15.2 Å². The summed E-state index contributed by atoms with van der Waals surface area (Å²) in [7, 11) is 1.50. The van der Waals surface area contributed by atoms with Crippen LogP contribution in [0.3, 0.4) is 0 Å². The van der Waals surface area contributed by atoms with Crippen LogP contribution in [0.15, 0.2) is 18.3 Å². The van der Waals surface area contributed by atoms with Crippen LogP contribution in [0.1, 0.15) is 26.7 Å². The topological polar surface area (TPSA) is 136 Å². The third-order valence-corrected chi connectivity index (χ3v) is 7.07. The molecule has 2 aromatic rings. The van der Waals surface area contributed by atoms with Crippen LogP contribution in [0.2, 0.25) is 0 Å². The number of aromatic amines is 1. The first kappa shape index (κ1) is 24.4. The molecule has 0 bridgehead atoms. The van der Waals surface area contributed by atoms with E-state index in [4.69, 9.17) is 10.5 Å². The Hall–Kier alpha value is -1.83. The smallest absolute Gasteiger partial charge is 0.330 e. The van der Waals surface area contributed by atoms with Gasteiger partial charge in [0.25, 0.3) is 5.56 Å². The number of H-pyrrole nitrogens is 1. The van der Waals surface area contributed by atoms with Crippen molar-refractivity contribution in [1.29, 1.82) is 0 Å². The van der Waals surface area contributed by atoms with Crippen LogP contribution in [0.4, 0.5) is 11.5 Å². The van der Waals surface area contributed by atoms with Crippen molar-refractivity contribution in [3.05, 3.63) is 20.8 Å². The van der Waals surface area contributed by atoms with Crippen molar-refractivity contribution in [2.45, 2.75) is 41.9 Å². The third kappa shape index (κ3) is 6.33. The molecule has 0 saturated carbocycles. The number of hydrogen-bond donors (Lipinski definition) is 2. The summed E-state index contributed by atoms with van der Waals surface area (Å²) >= 11 is 4.24. The fraction of sp³-hybridized carbons (Fsp3) is 0.588. The number of nitrogens with one attached hydrogen (secondary N) is 1. The minimum absolute atomic E-state index is 0.0239. The van der Waals surface area contributed by atoms with Crippen molar-refractivity contribution in [2.75, 3.05) is 42.4 Å². The van der Waals surface area contributed by atoms with Gasteiger partial charge >= 0.3 is 5.69 Å². The molecule has 1 amide bonds. The van der Waals surface area contributed by atoms with Gasteiger partial charge in [-0.1, -0.05) is 55.1 Å². The van der Waals surface area contributed by atoms with E-state index in [1.54, 1.807) is 11.8 Å². The predicted octanol–water partition coefficient (Wildman–Crippen LogP) is 1.65. The standard InChI is InChI=1S/C17H26N6O4S3/c1-4-6-7-23-13(18)12(14(25)19-15(23)26)22(8-9-27-3)11(24)10-29-17-21-20-16(30-17)28-5-2/h4-10,18H2,1-3H3,(H,19,25,26). The second-order valence-corrected chi connectivity index (χ2v) is 9.80. The highest BCUT2D eigenvalue weighted by Crippen LogP contribution is 2.29. The van der Waals surface area contributed by atoms with Gasteiger partial charge in [-0.2, -0.15) is 0 Å². The first-order chi connectivity index (χ1) is 14.4. The molecule has 0 aliphatic heterocycles. The van der Waals surface area contributed by atoms with Crippen molar-refractivity contribution in [1.82, 2.24) is 19.7 Å². The number of thioether (sulfide) groups is 2. The fourth-order valence-corrected chi connectivity index (χ4v) is 5.35. The predicted molar refractivity (Wildman–Crippen MR) is 122 cm³/mol. The highest BCUT2D eigenvalue weighted by molar-refractivity contribution is 8.03. The van der Waals surface area contributed by atoms with Gasteiger partial charge in [-0.3, -0.25) is 19.1 Å². The van der Waals surface area contributed by atoms with E-state index >= 15 is 0 Å². The molecule has 30 heavy (non-hydrogen) atoms. The number of carbonyl (C=O) groups is 1. The number of nitrogens with zero attached hydrogens (tertiary/aromatic N) is 4. The highest BCUT2D eigenvalue weighted by Gasteiger charge is 2.24. The number of hydrogen-bond acceptors (Lipinski definition) is 10. The van der Waals surface area contributed by atoms with E-state index in [9.17, 15) is 14.4 Å². The molecule has 2 aromatic heterocycles. The summed E-state index contributed by atoms with van der Waals surface area (Å²) in [5.74, 6) is 0.569. The van der Waals surface area contributed by atoms with Gasteiger partial charge < -0.3 is 15.4 Å². The van der Waals surface area contributed by atoms with Crippen molar-refractivity contribution >= 4 is 52.3 Å². The molecule has 0 atom stereocenters. The molecule has 0 aliphatic carbocycles. The molecule has 2 heterocycles. The Morgan fingerprint density at radius 2 is 1.97 bits per heavy atom. The van der Waals surface area contributed by atoms with Crippen LogP contribution in [-0.4, -0.2) is 57.4 Å². The number of methoxy groups -OCH3 is 1. The van der Waals surface area contributed by atoms with Gasteiger partial charge in [0.15, 0.2) is 14.4 Å². The second-order valence-electron chi connectivity index (χ2n) is 6.09. The normalized spacial score (nSPS) is 11.0. The summed E-state index contributed by atoms with van der Waals surface area (Å²) in [6.45, 7) is 4.70. The van der Waals surface area contributed by atoms with Gasteiger partial charge in [0.1, 0.15) is 5.82 Å². The zero-order chi connectivity index (χ0) is 22.1. The Morgan fingerprint density at radius 1 is 1.27 bits per heavy atom. The minimum Gasteiger partial charge on any atom is -0.383 e. The van der Waals surface area contributed by atoms with Crippen molar-refractivity contribution in [2.24, 2.45) is 0 Å². The largest absolute Gasteiger partial charge is 0.383 e. The van der Waals surface area contributed by atoms with Crippen LogP contribution >= 0.6 is 34.9 Å². The lowest BCUT2D eigenvalue weighted by Gasteiger charge is -2.24. The quantitative estimate of drug-likeness (QED) is 0.440. The van der Waals surface area contributed by atoms with Crippen LogP contribution in [0.5, 0.6) is 0 Å². The Kier molecular flexibility index (Phi) is 9.88. The number of ether oxygens (including phenoxy) is 1. The molecule has 0 spiro atoms. The SMILES string of the molecule is CCCCn1c(N)c(N(CCOC)C(=O)CSc2nnc(SCC)s2)c(=O)[nH]c1=O. The fourth-order valence-electron chi connectivity index (χ4n) is 2.56. The highest BCUT2D eigenvalue weighted by atomic mass is 32.2. The van der Waals surface area contributed by atoms with Crippen LogP contribution < -0.4 is 21.9 Å². The van der Waals surface area contributed by atoms with Crippen molar-refractivity contribution in [3.8, 4) is 0 Å². The van der Waals surface area contributed by atoms with E-state index in [0.29, 0.717) is 17.3 Å². The monoisotopic (exact) mass is 474 g/mol. The number of nitrogen functional groups attached to an aromatic ring is 1. The Labute approximate surface area is 186 Å². The molecule has 0 unspecified atom stereocenters. The van der Waals surface area contributed by atoms with Crippen LogP contribution in [0.25, 0.3) is 0 Å². The van der Waals surface area contributed by atoms with Gasteiger partial charge in [-0.05, 0) is 12.2 Å². The molecule has 0 radical (unpaired) electrons. The van der Waals surface area contributed by atoms with Gasteiger partial charge in [0, 0.05) is 20.2 Å². The lowest BCUT2D eigenvalue weighted by Crippen LogP contribution is -2.43. The third-order valence-electron chi connectivity index (χ3n) is 4.01. The molecular formula is C17H26N6O4S3. The summed E-state index contributed by atoms with van der Waals surface area (Å²) in [6.07, 6.45) is 1.57. The van der Waals surface area contributed by atoms with Crippen molar-refractivity contribution in [3.63, 3.8) is 0 Å². The van der Waals surface area contributed by atoms with Gasteiger partial charge in [0.05, 0.1) is 12.4 Å². The minimum atomic E-state index is -0.697. The van der Waals surface area contributed by atoms with Gasteiger partial charge in [-0.15, -0.1) is 10.2 Å². The average molecular weight is 475 g/mol. The average Bonchev–Trinajstić information content (AvgIpc) is 3.16. The summed E-state index contributed by atoms with van der Waals surface area (Å²) in [5.41, 5.74) is 4.84. The number of aromatic nitrogens is 4. The molecule has 0 aliphatic rings. The summed E-state index contributed by atoms with van der Waals surface area (Å²) < 4.78 is 7.89. The molecule has 0 fully saturated rings. The van der Waals surface area contributed by atoms with Crippen LogP contribution in [-0.2, 0) is 16.1 Å². The lowest BCUT2D eigenvalue weighted by molar-refractivity contribution is -0.116. The first-order valence-electron chi connectivity index (χ1n) is 9.43. The zero-order valence-corrected chi connectivity index (χ0v) is 19.6. The zero-order valence-electron chi connectivity index (χ0n) is 17.2. The number of unbranched alkanes of at least 4 members (excludes halogenated alkanes) is 1. The number of nitrogens with two attached hydrogens (primary N) is 1. The molecule has 166 valence electrons. The van der Waals surface area contributed by atoms with Crippen molar-refractivity contribution < 1.29 is 9.53 Å². The molecular weight excluding hydrogens is 448 g/mol. The summed E-state index contributed by atoms with van der Waals surface area (Å²) in [4.78, 5) is 41.2. The number of anilines is 2. The molecule has 0 saturated heterocycles.